The summed E-state index contributed by atoms with van der Waals surface area (Å²) in [5.74, 6) is 2.09. The molecule has 6 nitrogen and oxygen atoms in total. The molecule has 0 spiro atoms. The minimum Gasteiger partial charge on any atom is -0.507 e. The van der Waals surface area contributed by atoms with E-state index in [-0.39, 0.29) is 24.7 Å². The van der Waals surface area contributed by atoms with Crippen LogP contribution in [-0.4, -0.2) is 58.4 Å². The van der Waals surface area contributed by atoms with E-state index in [1.807, 2.05) is 107 Å². The maximum absolute atomic E-state index is 15.5. The Bertz CT molecular complexity index is 1540. The van der Waals surface area contributed by atoms with E-state index < -0.39 is 39.0 Å². The summed E-state index contributed by atoms with van der Waals surface area (Å²) in [7, 11) is 0. The van der Waals surface area contributed by atoms with E-state index in [2.05, 4.69) is 13.8 Å². The van der Waals surface area contributed by atoms with Crippen molar-refractivity contribution >= 4 is 35.5 Å². The summed E-state index contributed by atoms with van der Waals surface area (Å²) < 4.78 is 12.7. The second kappa shape index (κ2) is 29.8. The van der Waals surface area contributed by atoms with E-state index in [0.717, 1.165) is 24.3 Å². The largest absolute Gasteiger partial charge is 0.507 e. The van der Waals surface area contributed by atoms with Gasteiger partial charge in [0.1, 0.15) is 24.7 Å². The Morgan fingerprint density at radius 1 is 0.403 bits per heavy atom. The third-order valence-corrected chi connectivity index (χ3v) is 15.2. The fraction of sp³-hybridized carbons (Fsp3) is 0.763. The van der Waals surface area contributed by atoms with Gasteiger partial charge in [0.05, 0.1) is 0 Å². The van der Waals surface area contributed by atoms with Crippen LogP contribution in [0.3, 0.4) is 0 Å². The van der Waals surface area contributed by atoms with Gasteiger partial charge in [-0.1, -0.05) is 213 Å². The third-order valence-electron chi connectivity index (χ3n) is 13.1. The Morgan fingerprint density at radius 2 is 0.642 bits per heavy atom. The van der Waals surface area contributed by atoms with Gasteiger partial charge in [-0.3, -0.25) is 9.59 Å². The van der Waals surface area contributed by atoms with E-state index >= 15 is 9.59 Å². The van der Waals surface area contributed by atoms with E-state index in [0.29, 0.717) is 44.9 Å². The average Bonchev–Trinajstić information content (AvgIpc) is 3.23. The molecule has 384 valence electrons. The molecule has 0 aliphatic heterocycles. The van der Waals surface area contributed by atoms with Crippen LogP contribution < -0.4 is 0 Å². The van der Waals surface area contributed by atoms with Gasteiger partial charge in [0.15, 0.2) is 0 Å². The molecule has 0 aliphatic carbocycles. The minimum absolute atomic E-state index is 0.137. The highest BCUT2D eigenvalue weighted by atomic mass is 32.2. The Hall–Kier alpha value is -2.32. The normalized spacial score (nSPS) is 12.7. The molecule has 2 aromatic carbocycles. The van der Waals surface area contributed by atoms with Gasteiger partial charge in [-0.2, -0.15) is 23.5 Å². The number of hydrogen-bond donors (Lipinski definition) is 2. The van der Waals surface area contributed by atoms with Gasteiger partial charge in [0.2, 0.25) is 5.41 Å². The Balaban J connectivity index is 2.57. The van der Waals surface area contributed by atoms with Crippen LogP contribution in [0.15, 0.2) is 24.3 Å². The lowest BCUT2D eigenvalue weighted by atomic mass is 9.67. The quantitative estimate of drug-likeness (QED) is 0.0426. The molecule has 2 N–H and O–H groups in total. The van der Waals surface area contributed by atoms with Crippen molar-refractivity contribution in [2.75, 3.05) is 36.2 Å². The summed E-state index contributed by atoms with van der Waals surface area (Å²) in [6, 6.07) is 7.31. The first kappa shape index (κ1) is 60.8. The van der Waals surface area contributed by atoms with Crippen molar-refractivity contribution in [2.45, 2.75) is 252 Å². The standard InChI is InChI=1S/C59H100O6S2/c1-15-17-19-21-23-25-27-29-31-33-37-66-39-35-64-53(62)59(45-41-47(55(3,4)5)51(60)48(42-45)56(6,7)8,46-43-49(57(9,10)11)52(61)50(44-46)58(12,13)14)54(63)65-36-40-67-38-34-32-30-28-26-24-22-20-18-16-2/h41-44,60-61H,15-40H2,1-14H3. The van der Waals surface area contributed by atoms with Crippen LogP contribution in [-0.2, 0) is 46.1 Å². The van der Waals surface area contributed by atoms with Crippen LogP contribution >= 0.6 is 23.5 Å². The minimum atomic E-state index is -2.07. The average molecular weight is 970 g/mol. The Morgan fingerprint density at radius 3 is 0.881 bits per heavy atom. The van der Waals surface area contributed by atoms with Gasteiger partial charge in [-0.05, 0) is 104 Å². The maximum Gasteiger partial charge on any atom is 0.332 e. The third kappa shape index (κ3) is 20.1. The number of esters is 2. The smallest absolute Gasteiger partial charge is 0.332 e. The summed E-state index contributed by atoms with van der Waals surface area (Å²) in [4.78, 5) is 31.1. The van der Waals surface area contributed by atoms with Gasteiger partial charge in [0.25, 0.3) is 0 Å². The van der Waals surface area contributed by atoms with Crippen LogP contribution in [0.4, 0.5) is 0 Å². The number of carbonyl (C=O) groups is 2. The summed E-state index contributed by atoms with van der Waals surface area (Å²) in [5.41, 5.74) is -0.922. The molecule has 0 bridgehead atoms. The topological polar surface area (TPSA) is 93.1 Å². The zero-order chi connectivity index (χ0) is 50.3. The van der Waals surface area contributed by atoms with Gasteiger partial charge >= 0.3 is 11.9 Å². The molecule has 0 aromatic heterocycles. The number of benzene rings is 2. The van der Waals surface area contributed by atoms with E-state index in [9.17, 15) is 10.2 Å². The molecule has 0 aliphatic rings. The Kier molecular flexibility index (Phi) is 27.0. The van der Waals surface area contributed by atoms with Crippen LogP contribution in [0, 0.1) is 0 Å². The van der Waals surface area contributed by atoms with E-state index in [1.165, 1.54) is 116 Å². The number of carbonyl (C=O) groups excluding carboxylic acids is 2. The predicted molar refractivity (Wildman–Crippen MR) is 292 cm³/mol. The van der Waals surface area contributed by atoms with E-state index in [1.54, 1.807) is 23.5 Å². The highest BCUT2D eigenvalue weighted by Crippen LogP contribution is 2.48. The lowest BCUT2D eigenvalue weighted by Crippen LogP contribution is -2.48. The van der Waals surface area contributed by atoms with Crippen LogP contribution in [0.5, 0.6) is 11.5 Å². The van der Waals surface area contributed by atoms with Crippen molar-refractivity contribution in [2.24, 2.45) is 0 Å². The lowest BCUT2D eigenvalue weighted by molar-refractivity contribution is -0.162. The molecule has 0 saturated carbocycles. The van der Waals surface area contributed by atoms with E-state index in [4.69, 9.17) is 9.47 Å². The summed E-state index contributed by atoms with van der Waals surface area (Å²) in [5, 5.41) is 23.9. The zero-order valence-corrected chi connectivity index (χ0v) is 47.2. The second-order valence-electron chi connectivity index (χ2n) is 23.5. The number of hydrogen-bond acceptors (Lipinski definition) is 8. The van der Waals surface area contributed by atoms with Crippen molar-refractivity contribution in [3.8, 4) is 11.5 Å². The molecule has 8 heteroatoms. The number of phenolic OH excluding ortho intramolecular Hbond substituents is 2. The first-order valence-corrected chi connectivity index (χ1v) is 29.0. The highest BCUT2D eigenvalue weighted by molar-refractivity contribution is 7.99. The zero-order valence-electron chi connectivity index (χ0n) is 45.5. The van der Waals surface area contributed by atoms with Crippen molar-refractivity contribution < 1.29 is 29.3 Å². The van der Waals surface area contributed by atoms with Crippen molar-refractivity contribution in [1.82, 2.24) is 0 Å². The van der Waals surface area contributed by atoms with Gasteiger partial charge in [-0.15, -0.1) is 0 Å². The SMILES string of the molecule is CCCCCCCCCCCCSCCOC(=O)C(C(=O)OCCSCCCCCCCCCCCC)(c1cc(C(C)(C)C)c(O)c(C(C)(C)C)c1)c1cc(C(C)(C)C)c(O)c(C(C)(C)C)c1. The molecule has 0 radical (unpaired) electrons. The summed E-state index contributed by atoms with van der Waals surface area (Å²) >= 11 is 3.56. The molecular formula is C59H100O6S2. The fourth-order valence-electron chi connectivity index (χ4n) is 8.90. The predicted octanol–water partition coefficient (Wildman–Crippen LogP) is 17.0. The number of ether oxygens (including phenoxy) is 2. The molecule has 0 unspecified atom stereocenters. The molecule has 2 aromatic rings. The van der Waals surface area contributed by atoms with Crippen molar-refractivity contribution in [3.05, 3.63) is 57.6 Å². The van der Waals surface area contributed by atoms with Gasteiger partial charge < -0.3 is 19.7 Å². The van der Waals surface area contributed by atoms with Crippen LogP contribution in [0.25, 0.3) is 0 Å². The highest BCUT2D eigenvalue weighted by Gasteiger charge is 2.54. The lowest BCUT2D eigenvalue weighted by Gasteiger charge is -2.36. The second-order valence-corrected chi connectivity index (χ2v) is 25.9. The number of aromatic hydroxyl groups is 2. The maximum atomic E-state index is 15.5. The van der Waals surface area contributed by atoms with Crippen molar-refractivity contribution in [1.29, 1.82) is 0 Å². The first-order valence-electron chi connectivity index (χ1n) is 26.7. The van der Waals surface area contributed by atoms with Crippen LogP contribution in [0.1, 0.15) is 259 Å². The molecule has 0 amide bonds. The molecular weight excluding hydrogens is 869 g/mol. The fourth-order valence-corrected chi connectivity index (χ4v) is 10.5. The van der Waals surface area contributed by atoms with Crippen LogP contribution in [0.2, 0.25) is 0 Å². The molecule has 0 saturated heterocycles. The molecule has 2 rings (SSSR count). The number of unbranched alkanes of at least 4 members (excludes halogenated alkanes) is 18. The molecule has 0 atom stereocenters. The summed E-state index contributed by atoms with van der Waals surface area (Å²) in [6.07, 6.45) is 25.7. The van der Waals surface area contributed by atoms with Crippen molar-refractivity contribution in [3.63, 3.8) is 0 Å². The summed E-state index contributed by atoms with van der Waals surface area (Å²) in [6.45, 7) is 29.2. The van der Waals surface area contributed by atoms with Gasteiger partial charge in [-0.25, -0.2) is 0 Å². The number of rotatable bonds is 32. The first-order chi connectivity index (χ1) is 31.4. The number of phenols is 2. The molecule has 0 heterocycles. The monoisotopic (exact) mass is 969 g/mol. The molecule has 67 heavy (non-hydrogen) atoms. The Labute approximate surface area is 420 Å². The molecule has 0 fully saturated rings. The van der Waals surface area contributed by atoms with Gasteiger partial charge in [0, 0.05) is 11.5 Å². The number of thioether (sulfide) groups is 2.